The van der Waals surface area contributed by atoms with Crippen LogP contribution in [0.15, 0.2) is 22.5 Å². The molecule has 1 fully saturated rings. The van der Waals surface area contributed by atoms with E-state index < -0.39 is 0 Å². The van der Waals surface area contributed by atoms with Gasteiger partial charge in [0.2, 0.25) is 5.91 Å². The third kappa shape index (κ3) is 4.31. The molecule has 130 valence electrons. The van der Waals surface area contributed by atoms with Gasteiger partial charge < -0.3 is 5.32 Å². The number of nitrogens with one attached hydrogen (secondary N) is 1. The van der Waals surface area contributed by atoms with Crippen LogP contribution in [0.5, 0.6) is 0 Å². The van der Waals surface area contributed by atoms with Crippen molar-refractivity contribution in [1.82, 2.24) is 4.98 Å². The van der Waals surface area contributed by atoms with Gasteiger partial charge in [0, 0.05) is 11.6 Å². The number of carbonyl (C=O) groups excluding carboxylic acids is 1. The van der Waals surface area contributed by atoms with Crippen LogP contribution in [-0.2, 0) is 4.79 Å². The first kappa shape index (κ1) is 17.7. The molecule has 0 atom stereocenters. The van der Waals surface area contributed by atoms with Gasteiger partial charge in [-0.25, -0.2) is 4.98 Å². The van der Waals surface area contributed by atoms with Crippen LogP contribution in [-0.4, -0.2) is 17.1 Å². The number of unbranched alkanes of at least 4 members (excludes halogenated alkanes) is 1. The van der Waals surface area contributed by atoms with Gasteiger partial charge in [0.25, 0.3) is 0 Å². The summed E-state index contributed by atoms with van der Waals surface area (Å²) in [6, 6.07) is 6.03. The van der Waals surface area contributed by atoms with Gasteiger partial charge in [0.05, 0.1) is 10.2 Å². The molecule has 1 amide bonds. The van der Waals surface area contributed by atoms with Crippen molar-refractivity contribution in [3.8, 4) is 0 Å². The van der Waals surface area contributed by atoms with Crippen molar-refractivity contribution >= 4 is 44.9 Å². The van der Waals surface area contributed by atoms with Crippen LogP contribution >= 0.6 is 23.1 Å². The molecule has 3 nitrogen and oxygen atoms in total. The minimum absolute atomic E-state index is 0.182. The molecule has 2 aromatic rings. The highest BCUT2D eigenvalue weighted by Gasteiger charge is 2.26. The van der Waals surface area contributed by atoms with Crippen LogP contribution in [0.2, 0.25) is 0 Å². The fourth-order valence-electron chi connectivity index (χ4n) is 3.52. The van der Waals surface area contributed by atoms with E-state index in [4.69, 9.17) is 0 Å². The lowest BCUT2D eigenvalue weighted by molar-refractivity contribution is -0.121. The Bertz CT molecular complexity index is 690. The van der Waals surface area contributed by atoms with Crippen LogP contribution in [0.1, 0.15) is 51.9 Å². The molecular formula is C19H26N2OS2. The standard InChI is InChI=1S/C19H26N2OS2/c1-3-4-5-13-6-8-14(9-7-13)18(22)20-15-10-11-16-17(12-15)24-19(21-16)23-2/h10-14H,3-9H2,1-2H3,(H,20,22). The van der Waals surface area contributed by atoms with Gasteiger partial charge in [-0.3, -0.25) is 4.79 Å². The molecule has 1 aromatic carbocycles. The number of carbonyl (C=O) groups is 1. The molecule has 3 rings (SSSR count). The predicted molar refractivity (Wildman–Crippen MR) is 105 cm³/mol. The third-order valence-corrected chi connectivity index (χ3v) is 7.00. The summed E-state index contributed by atoms with van der Waals surface area (Å²) in [5, 5.41) is 3.12. The van der Waals surface area contributed by atoms with Crippen LogP contribution in [0.3, 0.4) is 0 Å². The molecule has 1 aliphatic rings. The number of hydrogen-bond acceptors (Lipinski definition) is 4. The Kier molecular flexibility index (Phi) is 6.17. The highest BCUT2D eigenvalue weighted by atomic mass is 32.2. The second kappa shape index (κ2) is 8.34. The molecule has 1 aliphatic carbocycles. The van der Waals surface area contributed by atoms with Crippen molar-refractivity contribution in [3.05, 3.63) is 18.2 Å². The van der Waals surface area contributed by atoms with Crippen molar-refractivity contribution in [1.29, 1.82) is 0 Å². The molecular weight excluding hydrogens is 336 g/mol. The van der Waals surface area contributed by atoms with Crippen molar-refractivity contribution in [2.75, 3.05) is 11.6 Å². The Labute approximate surface area is 152 Å². The monoisotopic (exact) mass is 362 g/mol. The molecule has 0 spiro atoms. The third-order valence-electron chi connectivity index (χ3n) is 4.99. The number of nitrogens with zero attached hydrogens (tertiary/aromatic N) is 1. The maximum absolute atomic E-state index is 12.6. The molecule has 0 aliphatic heterocycles. The Morgan fingerprint density at radius 3 is 2.83 bits per heavy atom. The van der Waals surface area contributed by atoms with Crippen LogP contribution in [0.25, 0.3) is 10.2 Å². The van der Waals surface area contributed by atoms with Crippen LogP contribution < -0.4 is 5.32 Å². The van der Waals surface area contributed by atoms with Gasteiger partial charge in [-0.05, 0) is 56.1 Å². The van der Waals surface area contributed by atoms with E-state index in [9.17, 15) is 4.79 Å². The first-order chi connectivity index (χ1) is 11.7. The van der Waals surface area contributed by atoms with Crippen LogP contribution in [0, 0.1) is 11.8 Å². The predicted octanol–water partition coefficient (Wildman–Crippen LogP) is 5.95. The van der Waals surface area contributed by atoms with E-state index in [0.29, 0.717) is 0 Å². The topological polar surface area (TPSA) is 42.0 Å². The van der Waals surface area contributed by atoms with Crippen molar-refractivity contribution in [2.24, 2.45) is 11.8 Å². The van der Waals surface area contributed by atoms with Gasteiger partial charge in [-0.15, -0.1) is 11.3 Å². The normalized spacial score (nSPS) is 21.1. The zero-order chi connectivity index (χ0) is 16.9. The summed E-state index contributed by atoms with van der Waals surface area (Å²) >= 11 is 3.35. The Morgan fingerprint density at radius 2 is 2.12 bits per heavy atom. The Morgan fingerprint density at radius 1 is 1.33 bits per heavy atom. The van der Waals surface area contributed by atoms with Gasteiger partial charge in [-0.1, -0.05) is 37.9 Å². The molecule has 0 bridgehead atoms. The summed E-state index contributed by atoms with van der Waals surface area (Å²) in [5.74, 6) is 1.21. The summed E-state index contributed by atoms with van der Waals surface area (Å²) in [4.78, 5) is 17.1. The van der Waals surface area contributed by atoms with Crippen molar-refractivity contribution in [2.45, 2.75) is 56.2 Å². The van der Waals surface area contributed by atoms with E-state index in [1.165, 1.54) is 32.1 Å². The zero-order valence-corrected chi connectivity index (χ0v) is 16.1. The molecule has 1 aromatic heterocycles. The lowest BCUT2D eigenvalue weighted by Crippen LogP contribution is -2.27. The van der Waals surface area contributed by atoms with E-state index in [1.54, 1.807) is 23.1 Å². The lowest BCUT2D eigenvalue weighted by Gasteiger charge is -2.27. The average Bonchev–Trinajstić information content (AvgIpc) is 3.02. The number of hydrogen-bond donors (Lipinski definition) is 1. The summed E-state index contributed by atoms with van der Waals surface area (Å²) in [7, 11) is 0. The smallest absolute Gasteiger partial charge is 0.227 e. The van der Waals surface area contributed by atoms with E-state index >= 15 is 0 Å². The molecule has 5 heteroatoms. The number of anilines is 1. The van der Waals surface area contributed by atoms with E-state index in [1.807, 2.05) is 18.4 Å². The van der Waals surface area contributed by atoms with Gasteiger partial charge in [0.1, 0.15) is 0 Å². The Hall–Kier alpha value is -1.07. The molecule has 0 radical (unpaired) electrons. The summed E-state index contributed by atoms with van der Waals surface area (Å²) in [6.45, 7) is 2.25. The first-order valence-electron chi connectivity index (χ1n) is 8.95. The number of rotatable bonds is 6. The second-order valence-corrected chi connectivity index (χ2v) is 8.80. The summed E-state index contributed by atoms with van der Waals surface area (Å²) in [6.07, 6.45) is 10.5. The first-order valence-corrected chi connectivity index (χ1v) is 11.0. The van der Waals surface area contributed by atoms with Gasteiger partial charge >= 0.3 is 0 Å². The SMILES string of the molecule is CCCCC1CCC(C(=O)Nc2ccc3nc(SC)sc3c2)CC1. The largest absolute Gasteiger partial charge is 0.326 e. The highest BCUT2D eigenvalue weighted by Crippen LogP contribution is 2.33. The van der Waals surface area contributed by atoms with Crippen LogP contribution in [0.4, 0.5) is 5.69 Å². The number of thiazole rings is 1. The molecule has 1 saturated carbocycles. The second-order valence-electron chi connectivity index (χ2n) is 6.72. The molecule has 0 unspecified atom stereocenters. The van der Waals surface area contributed by atoms with Crippen molar-refractivity contribution in [3.63, 3.8) is 0 Å². The van der Waals surface area contributed by atoms with E-state index in [2.05, 4.69) is 23.3 Å². The fourth-order valence-corrected chi connectivity index (χ4v) is 5.05. The zero-order valence-electron chi connectivity index (χ0n) is 14.5. The minimum Gasteiger partial charge on any atom is -0.326 e. The van der Waals surface area contributed by atoms with E-state index in [-0.39, 0.29) is 11.8 Å². The van der Waals surface area contributed by atoms with Crippen molar-refractivity contribution < 1.29 is 4.79 Å². The minimum atomic E-state index is 0.182. The molecule has 1 heterocycles. The average molecular weight is 363 g/mol. The quantitative estimate of drug-likeness (QED) is 0.645. The Balaban J connectivity index is 1.57. The number of amides is 1. The fraction of sp³-hybridized carbons (Fsp3) is 0.579. The maximum atomic E-state index is 12.6. The number of benzene rings is 1. The highest BCUT2D eigenvalue weighted by molar-refractivity contribution is 8.00. The number of aromatic nitrogens is 1. The molecule has 24 heavy (non-hydrogen) atoms. The number of thioether (sulfide) groups is 1. The molecule has 1 N–H and O–H groups in total. The summed E-state index contributed by atoms with van der Waals surface area (Å²) < 4.78 is 2.21. The van der Waals surface area contributed by atoms with E-state index in [0.717, 1.165) is 39.0 Å². The van der Waals surface area contributed by atoms with Gasteiger partial charge in [0.15, 0.2) is 4.34 Å². The summed E-state index contributed by atoms with van der Waals surface area (Å²) in [5.41, 5.74) is 1.91. The maximum Gasteiger partial charge on any atom is 0.227 e. The molecule has 0 saturated heterocycles. The number of fused-ring (bicyclic) bond motifs is 1. The van der Waals surface area contributed by atoms with Gasteiger partial charge in [-0.2, -0.15) is 0 Å². The lowest BCUT2D eigenvalue weighted by atomic mass is 9.79.